The molecule has 0 heterocycles. The van der Waals surface area contributed by atoms with Crippen LogP contribution in [-0.4, -0.2) is 25.0 Å². The molecule has 0 aromatic heterocycles. The van der Waals surface area contributed by atoms with Gasteiger partial charge in [0, 0.05) is 11.4 Å². The Morgan fingerprint density at radius 3 is 2.13 bits per heavy atom. The van der Waals surface area contributed by atoms with Crippen molar-refractivity contribution >= 4 is 23.3 Å². The van der Waals surface area contributed by atoms with Crippen LogP contribution in [0.25, 0.3) is 0 Å². The molecule has 0 spiro atoms. The summed E-state index contributed by atoms with van der Waals surface area (Å²) >= 11 is 0. The van der Waals surface area contributed by atoms with E-state index in [0.717, 1.165) is 0 Å². The van der Waals surface area contributed by atoms with Crippen molar-refractivity contribution in [1.82, 2.24) is 0 Å². The van der Waals surface area contributed by atoms with Gasteiger partial charge in [-0.25, -0.2) is 9.18 Å². The van der Waals surface area contributed by atoms with Gasteiger partial charge in [0.05, 0.1) is 12.7 Å². The standard InChI is InChI=1S/C17H17FN2O3/c1-11(16(21)20-15-9-5-13(18)6-10-15)19-14-7-3-12(4-8-14)17(22)23-2/h3-11,19H,1-2H3,(H,20,21)/t11-/m0/s1. The first-order chi connectivity index (χ1) is 11.0. The fourth-order valence-corrected chi connectivity index (χ4v) is 1.92. The molecule has 1 atom stereocenters. The van der Waals surface area contributed by atoms with Crippen molar-refractivity contribution in [1.29, 1.82) is 0 Å². The van der Waals surface area contributed by atoms with Gasteiger partial charge in [-0.2, -0.15) is 0 Å². The number of esters is 1. The Hall–Kier alpha value is -2.89. The van der Waals surface area contributed by atoms with Crippen LogP contribution in [0, 0.1) is 5.82 Å². The van der Waals surface area contributed by atoms with Crippen LogP contribution in [0.15, 0.2) is 48.5 Å². The molecular formula is C17H17FN2O3. The van der Waals surface area contributed by atoms with Gasteiger partial charge in [0.25, 0.3) is 0 Å². The molecule has 2 N–H and O–H groups in total. The van der Waals surface area contributed by atoms with E-state index in [2.05, 4.69) is 15.4 Å². The lowest BCUT2D eigenvalue weighted by Gasteiger charge is -2.15. The Morgan fingerprint density at radius 1 is 1.00 bits per heavy atom. The number of halogens is 1. The number of rotatable bonds is 5. The molecule has 0 bridgehead atoms. The first-order valence-electron chi connectivity index (χ1n) is 7.01. The monoisotopic (exact) mass is 316 g/mol. The van der Waals surface area contributed by atoms with Crippen molar-refractivity contribution < 1.29 is 18.7 Å². The second-order valence-electron chi connectivity index (χ2n) is 4.93. The minimum atomic E-state index is -0.510. The van der Waals surface area contributed by atoms with Crippen molar-refractivity contribution in [3.05, 3.63) is 59.9 Å². The number of ether oxygens (including phenoxy) is 1. The molecule has 1 amide bonds. The van der Waals surface area contributed by atoms with Crippen LogP contribution in [0.4, 0.5) is 15.8 Å². The van der Waals surface area contributed by atoms with E-state index in [-0.39, 0.29) is 11.7 Å². The van der Waals surface area contributed by atoms with E-state index >= 15 is 0 Å². The minimum Gasteiger partial charge on any atom is -0.465 e. The minimum absolute atomic E-state index is 0.256. The van der Waals surface area contributed by atoms with E-state index in [1.54, 1.807) is 31.2 Å². The Balaban J connectivity index is 1.95. The van der Waals surface area contributed by atoms with Gasteiger partial charge < -0.3 is 15.4 Å². The molecule has 2 rings (SSSR count). The van der Waals surface area contributed by atoms with Crippen LogP contribution in [0.3, 0.4) is 0 Å². The molecule has 0 aliphatic rings. The van der Waals surface area contributed by atoms with E-state index < -0.39 is 12.0 Å². The summed E-state index contributed by atoms with van der Waals surface area (Å²) in [5.41, 5.74) is 1.65. The van der Waals surface area contributed by atoms with Crippen LogP contribution in [0.2, 0.25) is 0 Å². The highest BCUT2D eigenvalue weighted by Gasteiger charge is 2.13. The van der Waals surface area contributed by atoms with Crippen molar-refractivity contribution in [3.63, 3.8) is 0 Å². The molecule has 2 aromatic carbocycles. The second kappa shape index (κ2) is 7.40. The highest BCUT2D eigenvalue weighted by atomic mass is 19.1. The normalized spacial score (nSPS) is 11.4. The summed E-state index contributed by atoms with van der Waals surface area (Å²) in [7, 11) is 1.32. The molecular weight excluding hydrogens is 299 g/mol. The van der Waals surface area contributed by atoms with Gasteiger partial charge in [-0.1, -0.05) is 0 Å². The third-order valence-electron chi connectivity index (χ3n) is 3.19. The fourth-order valence-electron chi connectivity index (χ4n) is 1.92. The Bertz CT molecular complexity index is 684. The Kier molecular flexibility index (Phi) is 5.30. The third-order valence-corrected chi connectivity index (χ3v) is 3.19. The number of anilines is 2. The van der Waals surface area contributed by atoms with Gasteiger partial charge in [0.1, 0.15) is 11.9 Å². The molecule has 2 aromatic rings. The van der Waals surface area contributed by atoms with Gasteiger partial charge in [0.2, 0.25) is 5.91 Å². The number of nitrogens with one attached hydrogen (secondary N) is 2. The number of hydrogen-bond donors (Lipinski definition) is 2. The van der Waals surface area contributed by atoms with Gasteiger partial charge >= 0.3 is 5.97 Å². The van der Waals surface area contributed by atoms with E-state index in [0.29, 0.717) is 16.9 Å². The van der Waals surface area contributed by atoms with E-state index in [1.807, 2.05) is 0 Å². The quantitative estimate of drug-likeness (QED) is 0.832. The van der Waals surface area contributed by atoms with Gasteiger partial charge in [-0.05, 0) is 55.5 Å². The largest absolute Gasteiger partial charge is 0.465 e. The molecule has 23 heavy (non-hydrogen) atoms. The average molecular weight is 316 g/mol. The maximum absolute atomic E-state index is 12.8. The summed E-state index contributed by atoms with van der Waals surface area (Å²) in [5.74, 6) is -1.04. The van der Waals surface area contributed by atoms with E-state index in [9.17, 15) is 14.0 Å². The van der Waals surface area contributed by atoms with Gasteiger partial charge in [0.15, 0.2) is 0 Å². The zero-order valence-electron chi connectivity index (χ0n) is 12.8. The maximum atomic E-state index is 12.8. The van der Waals surface area contributed by atoms with Crippen LogP contribution >= 0.6 is 0 Å². The van der Waals surface area contributed by atoms with Crippen molar-refractivity contribution in [3.8, 4) is 0 Å². The molecule has 6 heteroatoms. The fraction of sp³-hybridized carbons (Fsp3) is 0.176. The topological polar surface area (TPSA) is 67.4 Å². The molecule has 0 unspecified atom stereocenters. The summed E-state index contributed by atoms with van der Waals surface area (Å²) in [4.78, 5) is 23.4. The summed E-state index contributed by atoms with van der Waals surface area (Å²) in [6, 6.07) is 11.6. The zero-order chi connectivity index (χ0) is 16.8. The third kappa shape index (κ3) is 4.54. The lowest BCUT2D eigenvalue weighted by atomic mass is 10.2. The Labute approximate surface area is 133 Å². The predicted octanol–water partition coefficient (Wildman–Crippen LogP) is 3.05. The zero-order valence-corrected chi connectivity index (χ0v) is 12.8. The number of amides is 1. The average Bonchev–Trinajstić information content (AvgIpc) is 2.56. The molecule has 0 aliphatic heterocycles. The summed E-state index contributed by atoms with van der Waals surface area (Å²) in [6.45, 7) is 1.70. The first kappa shape index (κ1) is 16.5. The first-order valence-corrected chi connectivity index (χ1v) is 7.01. The molecule has 5 nitrogen and oxygen atoms in total. The predicted molar refractivity (Wildman–Crippen MR) is 85.9 cm³/mol. The highest BCUT2D eigenvalue weighted by Crippen LogP contribution is 2.13. The number of carbonyl (C=O) groups excluding carboxylic acids is 2. The van der Waals surface area contributed by atoms with E-state index in [4.69, 9.17) is 0 Å². The van der Waals surface area contributed by atoms with Crippen LogP contribution in [0.1, 0.15) is 17.3 Å². The van der Waals surface area contributed by atoms with Crippen molar-refractivity contribution in [2.24, 2.45) is 0 Å². The lowest BCUT2D eigenvalue weighted by molar-refractivity contribution is -0.116. The van der Waals surface area contributed by atoms with Crippen LogP contribution < -0.4 is 10.6 Å². The molecule has 0 saturated carbocycles. The van der Waals surface area contributed by atoms with Crippen LogP contribution in [0.5, 0.6) is 0 Å². The van der Waals surface area contributed by atoms with E-state index in [1.165, 1.54) is 31.4 Å². The smallest absolute Gasteiger partial charge is 0.337 e. The molecule has 0 radical (unpaired) electrons. The van der Waals surface area contributed by atoms with Crippen molar-refractivity contribution in [2.75, 3.05) is 17.7 Å². The number of benzene rings is 2. The molecule has 120 valence electrons. The number of methoxy groups -OCH3 is 1. The summed E-state index contributed by atoms with van der Waals surface area (Å²) in [6.07, 6.45) is 0. The lowest BCUT2D eigenvalue weighted by Crippen LogP contribution is -2.31. The van der Waals surface area contributed by atoms with Gasteiger partial charge in [-0.3, -0.25) is 4.79 Å². The SMILES string of the molecule is COC(=O)c1ccc(N[C@@H](C)C(=O)Nc2ccc(F)cc2)cc1. The maximum Gasteiger partial charge on any atom is 0.337 e. The Morgan fingerprint density at radius 2 is 1.57 bits per heavy atom. The molecule has 0 saturated heterocycles. The molecule has 0 aliphatic carbocycles. The van der Waals surface area contributed by atoms with Crippen LogP contribution in [-0.2, 0) is 9.53 Å². The summed E-state index contributed by atoms with van der Waals surface area (Å²) < 4.78 is 17.4. The van der Waals surface area contributed by atoms with Gasteiger partial charge in [-0.15, -0.1) is 0 Å². The number of carbonyl (C=O) groups is 2. The number of hydrogen-bond acceptors (Lipinski definition) is 4. The van der Waals surface area contributed by atoms with Crippen molar-refractivity contribution in [2.45, 2.75) is 13.0 Å². The highest BCUT2D eigenvalue weighted by molar-refractivity contribution is 5.96. The summed E-state index contributed by atoms with van der Waals surface area (Å²) in [5, 5.41) is 5.70. The molecule has 0 fully saturated rings. The second-order valence-corrected chi connectivity index (χ2v) is 4.93.